The second-order valence-corrected chi connectivity index (χ2v) is 8.32. The maximum Gasteiger partial charge on any atom is 0.256 e. The number of benzene rings is 1. The van der Waals surface area contributed by atoms with Gasteiger partial charge in [0.25, 0.3) is 5.91 Å². The van der Waals surface area contributed by atoms with Crippen molar-refractivity contribution < 1.29 is 9.53 Å². The number of carbonyl (C=O) groups is 1. The highest BCUT2D eigenvalue weighted by atomic mass is 16.5. The molecule has 1 saturated carbocycles. The van der Waals surface area contributed by atoms with Crippen molar-refractivity contribution in [1.29, 1.82) is 0 Å². The van der Waals surface area contributed by atoms with Gasteiger partial charge >= 0.3 is 0 Å². The van der Waals surface area contributed by atoms with E-state index in [0.29, 0.717) is 29.5 Å². The average Bonchev–Trinajstić information content (AvgIpc) is 3.55. The van der Waals surface area contributed by atoms with E-state index in [9.17, 15) is 4.79 Å². The van der Waals surface area contributed by atoms with Gasteiger partial charge in [0.2, 0.25) is 0 Å². The zero-order chi connectivity index (χ0) is 22.4. The van der Waals surface area contributed by atoms with Gasteiger partial charge in [-0.3, -0.25) is 4.79 Å². The Bertz CT molecular complexity index is 1320. The third-order valence-corrected chi connectivity index (χ3v) is 5.95. The Labute approximate surface area is 186 Å². The molecule has 1 N–H and O–H groups in total. The smallest absolute Gasteiger partial charge is 0.256 e. The number of aromatic nitrogens is 5. The van der Waals surface area contributed by atoms with E-state index in [1.807, 2.05) is 61.9 Å². The lowest BCUT2D eigenvalue weighted by Crippen LogP contribution is -2.15. The highest BCUT2D eigenvalue weighted by Gasteiger charge is 2.29. The van der Waals surface area contributed by atoms with Crippen molar-refractivity contribution >= 4 is 22.6 Å². The summed E-state index contributed by atoms with van der Waals surface area (Å²) in [7, 11) is 1.62. The van der Waals surface area contributed by atoms with Crippen molar-refractivity contribution in [2.75, 3.05) is 12.4 Å². The number of hydrogen-bond acceptors (Lipinski definition) is 5. The summed E-state index contributed by atoms with van der Waals surface area (Å²) >= 11 is 0. The SMILES string of the molecule is COCn1nc(C)c(NC(=O)c2cc(C3CC3)nc3c2c(C)nn3-c2ccccc2)c1C. The minimum Gasteiger partial charge on any atom is -0.362 e. The zero-order valence-electron chi connectivity index (χ0n) is 18.7. The van der Waals surface area contributed by atoms with Crippen LogP contribution < -0.4 is 5.32 Å². The predicted molar refractivity (Wildman–Crippen MR) is 122 cm³/mol. The van der Waals surface area contributed by atoms with Gasteiger partial charge in [-0.15, -0.1) is 0 Å². The molecule has 0 saturated heterocycles. The van der Waals surface area contributed by atoms with Crippen LogP contribution in [0.2, 0.25) is 0 Å². The van der Waals surface area contributed by atoms with Crippen molar-refractivity contribution in [3.63, 3.8) is 0 Å². The van der Waals surface area contributed by atoms with Gasteiger partial charge in [0.15, 0.2) is 5.65 Å². The minimum atomic E-state index is -0.182. The number of rotatable bonds is 6. The van der Waals surface area contributed by atoms with Gasteiger partial charge in [0, 0.05) is 18.7 Å². The largest absolute Gasteiger partial charge is 0.362 e. The number of para-hydroxylation sites is 1. The molecule has 8 heteroatoms. The predicted octanol–water partition coefficient (Wildman–Crippen LogP) is 4.28. The van der Waals surface area contributed by atoms with Crippen LogP contribution in [0.15, 0.2) is 36.4 Å². The first-order valence-electron chi connectivity index (χ1n) is 10.8. The Kier molecular flexibility index (Phi) is 5.01. The van der Waals surface area contributed by atoms with E-state index in [-0.39, 0.29) is 5.91 Å². The molecule has 0 bridgehead atoms. The molecule has 1 amide bonds. The van der Waals surface area contributed by atoms with Crippen LogP contribution in [-0.2, 0) is 11.5 Å². The molecule has 3 heterocycles. The average molecular weight is 431 g/mol. The molecule has 0 aliphatic heterocycles. The molecule has 1 fully saturated rings. The van der Waals surface area contributed by atoms with Gasteiger partial charge in [0.1, 0.15) is 6.73 Å². The number of nitrogens with zero attached hydrogens (tertiary/aromatic N) is 5. The maximum absolute atomic E-state index is 13.5. The first-order valence-corrected chi connectivity index (χ1v) is 10.8. The van der Waals surface area contributed by atoms with E-state index in [2.05, 4.69) is 10.4 Å². The van der Waals surface area contributed by atoms with Gasteiger partial charge in [-0.05, 0) is 51.8 Å². The molecule has 164 valence electrons. The van der Waals surface area contributed by atoms with Crippen molar-refractivity contribution in [3.8, 4) is 5.69 Å². The molecule has 0 unspecified atom stereocenters. The lowest BCUT2D eigenvalue weighted by Gasteiger charge is -2.10. The monoisotopic (exact) mass is 430 g/mol. The highest BCUT2D eigenvalue weighted by molar-refractivity contribution is 6.13. The summed E-state index contributed by atoms with van der Waals surface area (Å²) in [6.45, 7) is 6.05. The van der Waals surface area contributed by atoms with Crippen molar-refractivity contribution in [2.45, 2.75) is 46.3 Å². The first kappa shape index (κ1) is 20.4. The first-order chi connectivity index (χ1) is 15.5. The van der Waals surface area contributed by atoms with E-state index in [4.69, 9.17) is 14.8 Å². The molecular weight excluding hydrogens is 404 g/mol. The van der Waals surface area contributed by atoms with Gasteiger partial charge in [-0.2, -0.15) is 10.2 Å². The van der Waals surface area contributed by atoms with Crippen molar-refractivity contribution in [3.05, 3.63) is 64.7 Å². The standard InChI is InChI=1S/C24H26N6O2/c1-14-21-19(24(31)26-22-15(2)27-29(13-32-4)16(22)3)12-20(17-10-11-17)25-23(21)30(28-14)18-8-6-5-7-9-18/h5-9,12,17H,10-11,13H2,1-4H3,(H,26,31). The number of hydrogen-bond donors (Lipinski definition) is 1. The van der Waals surface area contributed by atoms with Crippen LogP contribution in [0.3, 0.4) is 0 Å². The van der Waals surface area contributed by atoms with Crippen LogP contribution in [0.25, 0.3) is 16.7 Å². The summed E-state index contributed by atoms with van der Waals surface area (Å²) in [5, 5.41) is 13.1. The second-order valence-electron chi connectivity index (χ2n) is 8.32. The van der Waals surface area contributed by atoms with E-state index in [1.54, 1.807) is 11.8 Å². The van der Waals surface area contributed by atoms with Gasteiger partial charge in [-0.1, -0.05) is 18.2 Å². The second kappa shape index (κ2) is 7.87. The lowest BCUT2D eigenvalue weighted by molar-refractivity contribution is 0.102. The summed E-state index contributed by atoms with van der Waals surface area (Å²) in [6.07, 6.45) is 2.19. The van der Waals surface area contributed by atoms with Crippen LogP contribution in [0, 0.1) is 20.8 Å². The molecule has 1 aliphatic carbocycles. The fraction of sp³-hybridized carbons (Fsp3) is 0.333. The Hall–Kier alpha value is -3.52. The summed E-state index contributed by atoms with van der Waals surface area (Å²) in [5.41, 5.74) is 6.25. The molecule has 4 aromatic rings. The third kappa shape index (κ3) is 3.46. The highest BCUT2D eigenvalue weighted by Crippen LogP contribution is 2.41. The maximum atomic E-state index is 13.5. The van der Waals surface area contributed by atoms with E-state index in [0.717, 1.165) is 46.7 Å². The number of ether oxygens (including phenoxy) is 1. The van der Waals surface area contributed by atoms with Gasteiger partial charge in [-0.25, -0.2) is 14.3 Å². The number of methoxy groups -OCH3 is 1. The van der Waals surface area contributed by atoms with Crippen molar-refractivity contribution in [2.24, 2.45) is 0 Å². The number of carbonyl (C=O) groups excluding carboxylic acids is 1. The number of amides is 1. The Morgan fingerprint density at radius 2 is 1.88 bits per heavy atom. The summed E-state index contributed by atoms with van der Waals surface area (Å²) < 4.78 is 8.77. The Balaban J connectivity index is 1.62. The van der Waals surface area contributed by atoms with Crippen LogP contribution in [0.5, 0.6) is 0 Å². The van der Waals surface area contributed by atoms with Crippen LogP contribution in [0.4, 0.5) is 5.69 Å². The van der Waals surface area contributed by atoms with E-state index in [1.165, 1.54) is 0 Å². The molecule has 0 radical (unpaired) electrons. The molecule has 1 aliphatic rings. The number of aryl methyl sites for hydroxylation is 2. The quantitative estimate of drug-likeness (QED) is 0.493. The topological polar surface area (TPSA) is 86.9 Å². The number of pyridine rings is 1. The van der Waals surface area contributed by atoms with E-state index < -0.39 is 0 Å². The van der Waals surface area contributed by atoms with Gasteiger partial charge < -0.3 is 10.1 Å². The normalized spacial score (nSPS) is 13.6. The lowest BCUT2D eigenvalue weighted by atomic mass is 10.1. The van der Waals surface area contributed by atoms with Crippen LogP contribution in [0.1, 0.15) is 51.9 Å². The molecule has 0 atom stereocenters. The fourth-order valence-electron chi connectivity index (χ4n) is 4.13. The Morgan fingerprint density at radius 3 is 2.56 bits per heavy atom. The zero-order valence-corrected chi connectivity index (χ0v) is 18.7. The molecule has 32 heavy (non-hydrogen) atoms. The molecule has 1 aromatic carbocycles. The van der Waals surface area contributed by atoms with Crippen LogP contribution >= 0.6 is 0 Å². The molecule has 8 nitrogen and oxygen atoms in total. The summed E-state index contributed by atoms with van der Waals surface area (Å²) in [6, 6.07) is 11.8. The number of anilines is 1. The molecule has 3 aromatic heterocycles. The van der Waals surface area contributed by atoms with E-state index >= 15 is 0 Å². The van der Waals surface area contributed by atoms with Crippen molar-refractivity contribution in [1.82, 2.24) is 24.5 Å². The molecule has 0 spiro atoms. The van der Waals surface area contributed by atoms with Gasteiger partial charge in [0.05, 0.1) is 39.4 Å². The number of fused-ring (bicyclic) bond motifs is 1. The third-order valence-electron chi connectivity index (χ3n) is 5.95. The Morgan fingerprint density at radius 1 is 1.12 bits per heavy atom. The fourth-order valence-corrected chi connectivity index (χ4v) is 4.13. The summed E-state index contributed by atoms with van der Waals surface area (Å²) in [5.74, 6) is 0.219. The molecular formula is C24H26N6O2. The number of nitrogens with one attached hydrogen (secondary N) is 1. The van der Waals surface area contributed by atoms with Crippen LogP contribution in [-0.4, -0.2) is 37.6 Å². The minimum absolute atomic E-state index is 0.182. The summed E-state index contributed by atoms with van der Waals surface area (Å²) in [4.78, 5) is 18.5. The molecule has 5 rings (SSSR count).